The van der Waals surface area contributed by atoms with Gasteiger partial charge in [-0.05, 0) is 35.6 Å². The summed E-state index contributed by atoms with van der Waals surface area (Å²) in [6, 6.07) is 3.87. The van der Waals surface area contributed by atoms with Crippen molar-refractivity contribution in [3.05, 3.63) is 59.2 Å². The van der Waals surface area contributed by atoms with Crippen molar-refractivity contribution < 1.29 is 9.59 Å². The largest absolute Gasteiger partial charge is 0.352 e. The number of aromatic nitrogens is 2. The van der Waals surface area contributed by atoms with Crippen LogP contribution >= 0.6 is 0 Å². The first kappa shape index (κ1) is 16.1. The van der Waals surface area contributed by atoms with Gasteiger partial charge in [-0.25, -0.2) is 0 Å². The van der Waals surface area contributed by atoms with E-state index in [1.807, 2.05) is 12.1 Å². The van der Waals surface area contributed by atoms with E-state index >= 15 is 0 Å². The third-order valence-electron chi connectivity index (χ3n) is 4.25. The molecule has 1 aliphatic rings. The van der Waals surface area contributed by atoms with Crippen LogP contribution in [0.1, 0.15) is 34.0 Å². The van der Waals surface area contributed by atoms with Gasteiger partial charge in [0.2, 0.25) is 5.91 Å². The Kier molecular flexibility index (Phi) is 4.84. The minimum Gasteiger partial charge on any atom is -0.352 e. The van der Waals surface area contributed by atoms with Gasteiger partial charge in [0, 0.05) is 51.3 Å². The second-order valence-electron chi connectivity index (χ2n) is 5.88. The minimum atomic E-state index is -0.112. The first-order chi connectivity index (χ1) is 11.6. The standard InChI is InChI=1S/C18H20N4O2/c1-13(23)22-8-5-16-15(12-22)10-20-11-17(16)18(24)21-7-4-14-3-2-6-19-9-14/h2-3,6,9-11H,4-5,7-8,12H2,1H3,(H,21,24). The molecular formula is C18H20N4O2. The van der Waals surface area contributed by atoms with Crippen LogP contribution in [0.3, 0.4) is 0 Å². The van der Waals surface area contributed by atoms with E-state index in [2.05, 4.69) is 15.3 Å². The van der Waals surface area contributed by atoms with Crippen molar-refractivity contribution in [2.45, 2.75) is 26.3 Å². The molecule has 0 unspecified atom stereocenters. The molecule has 0 fully saturated rings. The number of carbonyl (C=O) groups is 2. The van der Waals surface area contributed by atoms with Crippen LogP contribution in [-0.2, 0) is 24.2 Å². The topological polar surface area (TPSA) is 75.2 Å². The normalized spacial score (nSPS) is 13.3. The van der Waals surface area contributed by atoms with E-state index in [1.54, 1.807) is 36.6 Å². The monoisotopic (exact) mass is 324 g/mol. The third kappa shape index (κ3) is 3.59. The van der Waals surface area contributed by atoms with Gasteiger partial charge >= 0.3 is 0 Å². The highest BCUT2D eigenvalue weighted by Gasteiger charge is 2.23. The molecule has 0 aliphatic carbocycles. The van der Waals surface area contributed by atoms with Crippen molar-refractivity contribution >= 4 is 11.8 Å². The summed E-state index contributed by atoms with van der Waals surface area (Å²) in [5, 5.41) is 2.94. The predicted octanol–water partition coefficient (Wildman–Crippen LogP) is 1.35. The summed E-state index contributed by atoms with van der Waals surface area (Å²) in [7, 11) is 0. The van der Waals surface area contributed by atoms with Crippen LogP contribution in [0.25, 0.3) is 0 Å². The molecule has 2 aromatic rings. The number of hydrogen-bond donors (Lipinski definition) is 1. The van der Waals surface area contributed by atoms with Gasteiger partial charge in [0.1, 0.15) is 0 Å². The average molecular weight is 324 g/mol. The molecule has 0 radical (unpaired) electrons. The van der Waals surface area contributed by atoms with Crippen molar-refractivity contribution in [2.24, 2.45) is 0 Å². The molecule has 2 amide bonds. The molecule has 0 bridgehead atoms. The molecule has 6 heteroatoms. The van der Waals surface area contributed by atoms with Crippen LogP contribution in [0, 0.1) is 0 Å². The summed E-state index contributed by atoms with van der Waals surface area (Å²) in [4.78, 5) is 34.0. The molecule has 1 N–H and O–H groups in total. The maximum atomic E-state index is 12.5. The van der Waals surface area contributed by atoms with Gasteiger partial charge in [0.25, 0.3) is 5.91 Å². The molecule has 2 aromatic heterocycles. The zero-order valence-electron chi connectivity index (χ0n) is 13.7. The second-order valence-corrected chi connectivity index (χ2v) is 5.88. The molecule has 0 saturated carbocycles. The summed E-state index contributed by atoms with van der Waals surface area (Å²) in [5.74, 6) is -0.0634. The summed E-state index contributed by atoms with van der Waals surface area (Å²) in [5.41, 5.74) is 3.66. The summed E-state index contributed by atoms with van der Waals surface area (Å²) < 4.78 is 0. The second kappa shape index (κ2) is 7.21. The van der Waals surface area contributed by atoms with E-state index in [0.29, 0.717) is 31.6 Å². The summed E-state index contributed by atoms with van der Waals surface area (Å²) in [6.07, 6.45) is 8.31. The Labute approximate surface area is 140 Å². The number of rotatable bonds is 4. The van der Waals surface area contributed by atoms with E-state index in [-0.39, 0.29) is 11.8 Å². The van der Waals surface area contributed by atoms with Gasteiger partial charge in [-0.2, -0.15) is 0 Å². The van der Waals surface area contributed by atoms with Gasteiger partial charge in [-0.1, -0.05) is 6.07 Å². The lowest BCUT2D eigenvalue weighted by Gasteiger charge is -2.28. The molecule has 0 aromatic carbocycles. The first-order valence-electron chi connectivity index (χ1n) is 8.03. The van der Waals surface area contributed by atoms with Gasteiger partial charge in [0.15, 0.2) is 0 Å². The lowest BCUT2D eigenvalue weighted by molar-refractivity contribution is -0.129. The highest BCUT2D eigenvalue weighted by molar-refractivity contribution is 5.95. The van der Waals surface area contributed by atoms with Gasteiger partial charge in [-0.15, -0.1) is 0 Å². The smallest absolute Gasteiger partial charge is 0.253 e. The number of hydrogen-bond acceptors (Lipinski definition) is 4. The number of nitrogens with zero attached hydrogens (tertiary/aromatic N) is 3. The van der Waals surface area contributed by atoms with Crippen LogP contribution < -0.4 is 5.32 Å². The van der Waals surface area contributed by atoms with Crippen molar-refractivity contribution in [2.75, 3.05) is 13.1 Å². The molecule has 3 rings (SSSR count). The average Bonchev–Trinajstić information content (AvgIpc) is 2.61. The molecule has 24 heavy (non-hydrogen) atoms. The van der Waals surface area contributed by atoms with Gasteiger partial charge in [0.05, 0.1) is 5.56 Å². The molecule has 6 nitrogen and oxygen atoms in total. The number of fused-ring (bicyclic) bond motifs is 1. The Balaban J connectivity index is 1.65. The number of pyridine rings is 2. The molecule has 0 saturated heterocycles. The Bertz CT molecular complexity index is 746. The van der Waals surface area contributed by atoms with Crippen LogP contribution in [0.5, 0.6) is 0 Å². The fourth-order valence-corrected chi connectivity index (χ4v) is 2.92. The number of nitrogens with one attached hydrogen (secondary N) is 1. The zero-order chi connectivity index (χ0) is 16.9. The number of amides is 2. The lowest BCUT2D eigenvalue weighted by Crippen LogP contribution is -2.36. The van der Waals surface area contributed by atoms with E-state index in [9.17, 15) is 9.59 Å². The minimum absolute atomic E-state index is 0.0481. The maximum Gasteiger partial charge on any atom is 0.253 e. The molecule has 124 valence electrons. The van der Waals surface area contributed by atoms with Crippen molar-refractivity contribution in [3.63, 3.8) is 0 Å². The Morgan fingerprint density at radius 1 is 1.25 bits per heavy atom. The lowest BCUT2D eigenvalue weighted by atomic mass is 9.96. The summed E-state index contributed by atoms with van der Waals surface area (Å²) >= 11 is 0. The molecule has 1 aliphatic heterocycles. The molecule has 0 spiro atoms. The van der Waals surface area contributed by atoms with E-state index in [1.165, 1.54) is 0 Å². The van der Waals surface area contributed by atoms with Crippen molar-refractivity contribution in [3.8, 4) is 0 Å². The predicted molar refractivity (Wildman–Crippen MR) is 89.3 cm³/mol. The summed E-state index contributed by atoms with van der Waals surface area (Å²) in [6.45, 7) is 3.28. The van der Waals surface area contributed by atoms with Crippen LogP contribution in [0.4, 0.5) is 0 Å². The fourth-order valence-electron chi connectivity index (χ4n) is 2.92. The van der Waals surface area contributed by atoms with Gasteiger partial charge in [-0.3, -0.25) is 19.6 Å². The Morgan fingerprint density at radius 3 is 2.88 bits per heavy atom. The third-order valence-corrected chi connectivity index (χ3v) is 4.25. The van der Waals surface area contributed by atoms with Crippen LogP contribution in [-0.4, -0.2) is 39.8 Å². The molecule has 3 heterocycles. The van der Waals surface area contributed by atoms with Crippen LogP contribution in [0.2, 0.25) is 0 Å². The van der Waals surface area contributed by atoms with Gasteiger partial charge < -0.3 is 10.2 Å². The molecular weight excluding hydrogens is 304 g/mol. The number of carbonyl (C=O) groups excluding carboxylic acids is 2. The SMILES string of the molecule is CC(=O)N1CCc2c(cncc2C(=O)NCCc2cccnc2)C1. The molecule has 0 atom stereocenters. The van der Waals surface area contributed by atoms with Crippen molar-refractivity contribution in [1.29, 1.82) is 0 Å². The van der Waals surface area contributed by atoms with E-state index in [4.69, 9.17) is 0 Å². The van der Waals surface area contributed by atoms with Crippen molar-refractivity contribution in [1.82, 2.24) is 20.2 Å². The van der Waals surface area contributed by atoms with E-state index in [0.717, 1.165) is 23.1 Å². The highest BCUT2D eigenvalue weighted by Crippen LogP contribution is 2.21. The Hall–Kier alpha value is -2.76. The highest BCUT2D eigenvalue weighted by atomic mass is 16.2. The van der Waals surface area contributed by atoms with E-state index < -0.39 is 0 Å². The fraction of sp³-hybridized carbons (Fsp3) is 0.333. The first-order valence-corrected chi connectivity index (χ1v) is 8.03. The Morgan fingerprint density at radius 2 is 2.12 bits per heavy atom. The maximum absolute atomic E-state index is 12.5. The van der Waals surface area contributed by atoms with Crippen LogP contribution in [0.15, 0.2) is 36.9 Å². The zero-order valence-corrected chi connectivity index (χ0v) is 13.7. The quantitative estimate of drug-likeness (QED) is 0.921.